The van der Waals surface area contributed by atoms with Crippen molar-refractivity contribution in [2.45, 2.75) is 44.1 Å². The third kappa shape index (κ3) is 7.46. The fourth-order valence-electron chi connectivity index (χ4n) is 3.42. The van der Waals surface area contributed by atoms with E-state index in [2.05, 4.69) is 34.6 Å². The van der Waals surface area contributed by atoms with Crippen molar-refractivity contribution in [1.29, 1.82) is 0 Å². The Bertz CT molecular complexity index is 1120. The molecule has 1 aromatic carbocycles. The molecule has 0 bridgehead atoms. The Morgan fingerprint density at radius 2 is 1.94 bits per heavy atom. The van der Waals surface area contributed by atoms with Gasteiger partial charge in [-0.2, -0.15) is 5.10 Å². The summed E-state index contributed by atoms with van der Waals surface area (Å²) in [6.07, 6.45) is 2.00. The van der Waals surface area contributed by atoms with Gasteiger partial charge in [-0.1, -0.05) is 31.7 Å². The number of ether oxygens (including phenoxy) is 3. The Labute approximate surface area is 210 Å². The van der Waals surface area contributed by atoms with Crippen LogP contribution in [0.15, 0.2) is 29.6 Å². The van der Waals surface area contributed by atoms with Gasteiger partial charge in [-0.25, -0.2) is 14.6 Å². The van der Waals surface area contributed by atoms with Crippen LogP contribution in [0.2, 0.25) is 0 Å². The van der Waals surface area contributed by atoms with E-state index in [-0.39, 0.29) is 12.3 Å². The van der Waals surface area contributed by atoms with Gasteiger partial charge in [0.15, 0.2) is 22.3 Å². The summed E-state index contributed by atoms with van der Waals surface area (Å²) in [5.41, 5.74) is 1.58. The van der Waals surface area contributed by atoms with E-state index in [4.69, 9.17) is 19.2 Å². The monoisotopic (exact) mass is 502 g/mol. The topological polar surface area (TPSA) is 112 Å². The molecule has 0 aliphatic rings. The lowest BCUT2D eigenvalue weighted by Gasteiger charge is -2.11. The molecule has 0 saturated heterocycles. The fourth-order valence-corrected chi connectivity index (χ4v) is 4.13. The molecule has 1 amide bonds. The smallest absolute Gasteiger partial charge is 0.224 e. The number of hydrogen-bond donors (Lipinski definition) is 2. The molecule has 3 rings (SSSR count). The lowest BCUT2D eigenvalue weighted by Crippen LogP contribution is -2.29. The van der Waals surface area contributed by atoms with E-state index in [0.717, 1.165) is 22.4 Å². The maximum Gasteiger partial charge on any atom is 0.224 e. The molecule has 190 valence electrons. The number of hydrogen-bond acceptors (Lipinski definition) is 9. The third-order valence-corrected chi connectivity index (χ3v) is 5.88. The maximum atomic E-state index is 12.5. The Kier molecular flexibility index (Phi) is 9.98. The number of amides is 1. The number of nitrogens with zero attached hydrogens (tertiary/aromatic N) is 4. The average molecular weight is 503 g/mol. The van der Waals surface area contributed by atoms with Crippen LogP contribution in [0.1, 0.15) is 26.3 Å². The van der Waals surface area contributed by atoms with Gasteiger partial charge in [0.1, 0.15) is 5.82 Å². The molecule has 0 fully saturated rings. The number of benzene rings is 1. The van der Waals surface area contributed by atoms with Crippen LogP contribution in [-0.2, 0) is 22.5 Å². The van der Waals surface area contributed by atoms with E-state index in [1.165, 1.54) is 0 Å². The molecule has 35 heavy (non-hydrogen) atoms. The number of carbonyl (C=O) groups excluding carboxylic acids is 1. The summed E-state index contributed by atoms with van der Waals surface area (Å²) in [7, 11) is 3.16. The third-order valence-electron chi connectivity index (χ3n) is 5.02. The maximum absolute atomic E-state index is 12.5. The second-order valence-corrected chi connectivity index (χ2v) is 9.51. The second-order valence-electron chi connectivity index (χ2n) is 7.97. The number of rotatable bonds is 14. The zero-order valence-electron chi connectivity index (χ0n) is 21.0. The molecule has 0 aliphatic carbocycles. The lowest BCUT2D eigenvalue weighted by molar-refractivity contribution is -0.120. The SMILES string of the molecule is CCOCCNc1nc(SC(C)C)nc2c1cnn2CCNC(=O)Cc1ccc(OC)c(OC)c1. The first kappa shape index (κ1) is 26.6. The molecule has 11 heteroatoms. The highest BCUT2D eigenvalue weighted by Crippen LogP contribution is 2.28. The van der Waals surface area contributed by atoms with E-state index >= 15 is 0 Å². The van der Waals surface area contributed by atoms with E-state index in [9.17, 15) is 4.79 Å². The molecule has 2 aromatic heterocycles. The molecule has 2 heterocycles. The van der Waals surface area contributed by atoms with Crippen LogP contribution < -0.4 is 20.1 Å². The number of anilines is 1. The van der Waals surface area contributed by atoms with E-state index < -0.39 is 0 Å². The van der Waals surface area contributed by atoms with Crippen molar-refractivity contribution in [3.05, 3.63) is 30.0 Å². The molecule has 2 N–H and O–H groups in total. The zero-order valence-corrected chi connectivity index (χ0v) is 21.8. The van der Waals surface area contributed by atoms with Crippen molar-refractivity contribution in [1.82, 2.24) is 25.1 Å². The first-order valence-corrected chi connectivity index (χ1v) is 12.5. The van der Waals surface area contributed by atoms with E-state index in [1.807, 2.05) is 19.1 Å². The summed E-state index contributed by atoms with van der Waals surface area (Å²) in [5, 5.41) is 12.7. The molecule has 0 aliphatic heterocycles. The van der Waals surface area contributed by atoms with Gasteiger partial charge in [-0.15, -0.1) is 0 Å². The van der Waals surface area contributed by atoms with Crippen LogP contribution in [0.5, 0.6) is 11.5 Å². The Morgan fingerprint density at radius 3 is 2.66 bits per heavy atom. The molecule has 3 aromatic rings. The number of fused-ring (bicyclic) bond motifs is 1. The van der Waals surface area contributed by atoms with Gasteiger partial charge in [0.2, 0.25) is 5.91 Å². The highest BCUT2D eigenvalue weighted by atomic mass is 32.2. The van der Waals surface area contributed by atoms with Crippen molar-refractivity contribution in [3.8, 4) is 11.5 Å². The summed E-state index contributed by atoms with van der Waals surface area (Å²) in [5.74, 6) is 1.88. The number of aromatic nitrogens is 4. The first-order chi connectivity index (χ1) is 16.9. The molecule has 10 nitrogen and oxygen atoms in total. The number of nitrogens with one attached hydrogen (secondary N) is 2. The summed E-state index contributed by atoms with van der Waals surface area (Å²) in [6.45, 7) is 8.99. The number of methoxy groups -OCH3 is 2. The minimum Gasteiger partial charge on any atom is -0.493 e. The summed E-state index contributed by atoms with van der Waals surface area (Å²) >= 11 is 1.60. The number of carbonyl (C=O) groups is 1. The lowest BCUT2D eigenvalue weighted by atomic mass is 10.1. The predicted octanol–water partition coefficient (Wildman–Crippen LogP) is 3.15. The van der Waals surface area contributed by atoms with E-state index in [0.29, 0.717) is 54.8 Å². The quantitative estimate of drug-likeness (QED) is 0.195. The molecule has 0 atom stereocenters. The Hall–Kier alpha value is -3.05. The van der Waals surface area contributed by atoms with Gasteiger partial charge >= 0.3 is 0 Å². The average Bonchev–Trinajstić information content (AvgIpc) is 3.24. The van der Waals surface area contributed by atoms with Crippen LogP contribution in [-0.4, -0.2) is 71.4 Å². The summed E-state index contributed by atoms with van der Waals surface area (Å²) < 4.78 is 17.8. The van der Waals surface area contributed by atoms with Gasteiger partial charge in [-0.3, -0.25) is 4.79 Å². The molecular formula is C24H34N6O4S. The summed E-state index contributed by atoms with van der Waals surface area (Å²) in [6, 6.07) is 5.46. The zero-order chi connectivity index (χ0) is 25.2. The van der Waals surface area contributed by atoms with Gasteiger partial charge in [0, 0.05) is 24.9 Å². The molecule has 0 unspecified atom stereocenters. The van der Waals surface area contributed by atoms with Crippen molar-refractivity contribution >= 4 is 34.5 Å². The molecule has 0 radical (unpaired) electrons. The van der Waals surface area contributed by atoms with Gasteiger partial charge < -0.3 is 24.8 Å². The van der Waals surface area contributed by atoms with Crippen LogP contribution in [0.4, 0.5) is 5.82 Å². The van der Waals surface area contributed by atoms with Crippen molar-refractivity contribution in [3.63, 3.8) is 0 Å². The normalized spacial score (nSPS) is 11.1. The van der Waals surface area contributed by atoms with Crippen molar-refractivity contribution in [2.75, 3.05) is 45.8 Å². The highest BCUT2D eigenvalue weighted by molar-refractivity contribution is 7.99. The molecular weight excluding hydrogens is 468 g/mol. The number of thioether (sulfide) groups is 1. The fraction of sp³-hybridized carbons (Fsp3) is 0.500. The molecule has 0 spiro atoms. The van der Waals surface area contributed by atoms with E-state index in [1.54, 1.807) is 42.9 Å². The van der Waals surface area contributed by atoms with Crippen molar-refractivity contribution in [2.24, 2.45) is 0 Å². The van der Waals surface area contributed by atoms with Crippen LogP contribution >= 0.6 is 11.8 Å². The minimum absolute atomic E-state index is 0.0855. The van der Waals surface area contributed by atoms with Crippen LogP contribution in [0.3, 0.4) is 0 Å². The first-order valence-electron chi connectivity index (χ1n) is 11.6. The van der Waals surface area contributed by atoms with Crippen molar-refractivity contribution < 1.29 is 19.0 Å². The highest BCUT2D eigenvalue weighted by Gasteiger charge is 2.15. The standard InChI is InChI=1S/C24H34N6O4S/c1-6-34-12-10-26-22-18-15-27-30(23(18)29-24(28-22)35-16(2)3)11-9-25-21(31)14-17-7-8-19(32-4)20(13-17)33-5/h7-8,13,15-16H,6,9-12,14H2,1-5H3,(H,25,31)(H,26,28,29). The Balaban J connectivity index is 1.65. The van der Waals surface area contributed by atoms with Crippen LogP contribution in [0.25, 0.3) is 11.0 Å². The second kappa shape index (κ2) is 13.1. The minimum atomic E-state index is -0.0855. The largest absolute Gasteiger partial charge is 0.493 e. The predicted molar refractivity (Wildman–Crippen MR) is 138 cm³/mol. The van der Waals surface area contributed by atoms with Gasteiger partial charge in [0.05, 0.1) is 45.4 Å². The van der Waals surface area contributed by atoms with Crippen LogP contribution in [0, 0.1) is 0 Å². The molecule has 0 saturated carbocycles. The van der Waals surface area contributed by atoms with Gasteiger partial charge in [-0.05, 0) is 24.6 Å². The summed E-state index contributed by atoms with van der Waals surface area (Å²) in [4.78, 5) is 21.9. The Morgan fingerprint density at radius 1 is 1.14 bits per heavy atom. The van der Waals surface area contributed by atoms with Gasteiger partial charge in [0.25, 0.3) is 0 Å².